The minimum atomic E-state index is 0.225. The molecule has 8 bridgehead atoms. The van der Waals surface area contributed by atoms with Gasteiger partial charge in [0, 0.05) is 31.1 Å². The van der Waals surface area contributed by atoms with E-state index in [2.05, 4.69) is 106 Å². The summed E-state index contributed by atoms with van der Waals surface area (Å²) in [5.41, 5.74) is 0. The molecule has 0 radical (unpaired) electrons. The first kappa shape index (κ1) is 31.6. The fraction of sp³-hybridized carbons (Fsp3) is 1.00. The third kappa shape index (κ3) is 5.26. The quantitative estimate of drug-likeness (QED) is 0.173. The molecule has 5 saturated heterocycles. The molecule has 44 heavy (non-hydrogen) atoms. The molecule has 5 aliphatic heterocycles. The van der Waals surface area contributed by atoms with Gasteiger partial charge in [-0.05, 0) is 74.0 Å². The zero-order valence-corrected chi connectivity index (χ0v) is 31.9. The average Bonchev–Trinajstić information content (AvgIpc) is 3.78. The second kappa shape index (κ2) is 12.7. The van der Waals surface area contributed by atoms with Crippen LogP contribution in [0.2, 0.25) is 0 Å². The Morgan fingerprint density at radius 2 is 0.477 bits per heavy atom. The van der Waals surface area contributed by atoms with Crippen LogP contribution in [0.25, 0.3) is 0 Å². The standard InChI is InChI=1S/C32H52Br4N8/c33-21-19-20(22(34)24(36)23(21)35)32-43-30-18-12-6-4-10-16(18)28(41-30)39-26-14-8-2-1-7-13(14)25(37-26)38-27-15-9-3-5-11-17(15)29(40-27)42-31(19)44-32/h13-32,37-44H,1-12H2. The van der Waals surface area contributed by atoms with Gasteiger partial charge in [-0.15, -0.1) is 0 Å². The maximum atomic E-state index is 4.26. The highest BCUT2D eigenvalue weighted by atomic mass is 79.9. The maximum absolute atomic E-state index is 4.26. The van der Waals surface area contributed by atoms with Crippen molar-refractivity contribution in [3.8, 4) is 0 Å². The lowest BCUT2D eigenvalue weighted by Crippen LogP contribution is -2.62. The van der Waals surface area contributed by atoms with Gasteiger partial charge in [0.2, 0.25) is 0 Å². The van der Waals surface area contributed by atoms with E-state index in [1.807, 2.05) is 0 Å². The van der Waals surface area contributed by atoms with Crippen molar-refractivity contribution in [1.82, 2.24) is 42.5 Å². The monoisotopic (exact) mass is 864 g/mol. The molecule has 20 atom stereocenters. The molecule has 248 valence electrons. The number of hydrogen-bond acceptors (Lipinski definition) is 8. The van der Waals surface area contributed by atoms with E-state index in [9.17, 15) is 0 Å². The molecular weight excluding hydrogens is 816 g/mol. The molecule has 5 heterocycles. The first-order valence-corrected chi connectivity index (χ1v) is 21.8. The molecule has 0 aromatic rings. The molecule has 4 saturated carbocycles. The van der Waals surface area contributed by atoms with Crippen LogP contribution >= 0.6 is 63.7 Å². The summed E-state index contributed by atoms with van der Waals surface area (Å²) in [6, 6.07) is 0. The van der Waals surface area contributed by atoms with Gasteiger partial charge in [0.25, 0.3) is 0 Å². The van der Waals surface area contributed by atoms with Crippen LogP contribution < -0.4 is 42.5 Å². The molecule has 0 aromatic carbocycles. The second-order valence-electron chi connectivity index (χ2n) is 15.9. The summed E-state index contributed by atoms with van der Waals surface area (Å²) < 4.78 is 0. The van der Waals surface area contributed by atoms with E-state index in [1.165, 1.54) is 77.0 Å². The average molecular weight is 868 g/mol. The zero-order chi connectivity index (χ0) is 29.7. The van der Waals surface area contributed by atoms with Gasteiger partial charge < -0.3 is 0 Å². The fourth-order valence-electron chi connectivity index (χ4n) is 11.9. The molecule has 8 nitrogen and oxygen atoms in total. The zero-order valence-electron chi connectivity index (χ0n) is 25.5. The van der Waals surface area contributed by atoms with Gasteiger partial charge in [0.1, 0.15) is 0 Å². The van der Waals surface area contributed by atoms with Crippen LogP contribution in [0.15, 0.2) is 0 Å². The first-order valence-electron chi connectivity index (χ1n) is 18.1. The van der Waals surface area contributed by atoms with Crippen LogP contribution in [0.1, 0.15) is 77.0 Å². The fourth-order valence-corrected chi connectivity index (χ4v) is 16.1. The van der Waals surface area contributed by atoms with Gasteiger partial charge >= 0.3 is 0 Å². The summed E-state index contributed by atoms with van der Waals surface area (Å²) in [5.74, 6) is 5.02. The van der Waals surface area contributed by atoms with Crippen molar-refractivity contribution >= 4 is 63.7 Å². The van der Waals surface area contributed by atoms with Crippen LogP contribution in [0, 0.1) is 47.3 Å². The number of fused-ring (bicyclic) bond motifs is 20. The van der Waals surface area contributed by atoms with Crippen molar-refractivity contribution in [2.45, 2.75) is 146 Å². The van der Waals surface area contributed by atoms with Crippen LogP contribution in [-0.4, -0.2) is 68.6 Å². The summed E-state index contributed by atoms with van der Waals surface area (Å²) >= 11 is 16.6. The maximum Gasteiger partial charge on any atom is 0.0640 e. The lowest BCUT2D eigenvalue weighted by Gasteiger charge is -2.45. The van der Waals surface area contributed by atoms with Crippen molar-refractivity contribution in [3.63, 3.8) is 0 Å². The highest BCUT2D eigenvalue weighted by Crippen LogP contribution is 2.51. The van der Waals surface area contributed by atoms with Crippen LogP contribution in [0.5, 0.6) is 0 Å². The summed E-state index contributed by atoms with van der Waals surface area (Å²) in [7, 11) is 0. The number of nitrogens with one attached hydrogen (secondary N) is 8. The summed E-state index contributed by atoms with van der Waals surface area (Å²) in [5, 5.41) is 33.8. The van der Waals surface area contributed by atoms with E-state index in [0.29, 0.717) is 104 Å². The van der Waals surface area contributed by atoms with Gasteiger partial charge in [-0.1, -0.05) is 102 Å². The molecular formula is C32H52Br4N8. The van der Waals surface area contributed by atoms with Crippen LogP contribution in [-0.2, 0) is 0 Å². The molecule has 0 amide bonds. The number of hydrogen-bond donors (Lipinski definition) is 8. The molecule has 0 spiro atoms. The lowest BCUT2D eigenvalue weighted by atomic mass is 9.76. The summed E-state index contributed by atoms with van der Waals surface area (Å²) in [6.45, 7) is 0. The number of rotatable bonds is 0. The molecule has 0 aromatic heterocycles. The van der Waals surface area contributed by atoms with E-state index in [0.717, 1.165) is 0 Å². The smallest absolute Gasteiger partial charge is 0.0640 e. The van der Waals surface area contributed by atoms with Gasteiger partial charge in [0.15, 0.2) is 0 Å². The van der Waals surface area contributed by atoms with E-state index >= 15 is 0 Å². The Kier molecular flexibility index (Phi) is 9.14. The molecule has 20 unspecified atom stereocenters. The van der Waals surface area contributed by atoms with Gasteiger partial charge in [0.05, 0.1) is 49.3 Å². The minimum Gasteiger partial charge on any atom is -0.286 e. The number of halogens is 4. The first-order chi connectivity index (χ1) is 21.5. The molecule has 9 fully saturated rings. The van der Waals surface area contributed by atoms with E-state index in [4.69, 9.17) is 0 Å². The van der Waals surface area contributed by atoms with Gasteiger partial charge in [-0.2, -0.15) is 0 Å². The topological polar surface area (TPSA) is 96.2 Å². The Hall–Kier alpha value is 1.60. The Morgan fingerprint density at radius 1 is 0.273 bits per heavy atom. The third-order valence-corrected chi connectivity index (χ3v) is 20.7. The Bertz CT molecular complexity index is 982. The Labute approximate surface area is 297 Å². The summed E-state index contributed by atoms with van der Waals surface area (Å²) in [6.07, 6.45) is 18.8. The van der Waals surface area contributed by atoms with E-state index < -0.39 is 0 Å². The van der Waals surface area contributed by atoms with E-state index in [-0.39, 0.29) is 12.3 Å². The van der Waals surface area contributed by atoms with Crippen LogP contribution in [0.3, 0.4) is 0 Å². The predicted octanol–water partition coefficient (Wildman–Crippen LogP) is 4.10. The molecule has 8 N–H and O–H groups in total. The second-order valence-corrected chi connectivity index (χ2v) is 20.2. The third-order valence-electron chi connectivity index (χ3n) is 13.9. The molecule has 9 rings (SSSR count). The van der Waals surface area contributed by atoms with Crippen molar-refractivity contribution in [2.24, 2.45) is 47.3 Å². The van der Waals surface area contributed by atoms with Gasteiger partial charge in [-0.25, -0.2) is 0 Å². The highest BCUT2D eigenvalue weighted by Gasteiger charge is 2.59. The predicted molar refractivity (Wildman–Crippen MR) is 190 cm³/mol. The minimum absolute atomic E-state index is 0.225. The molecule has 12 heteroatoms. The lowest BCUT2D eigenvalue weighted by molar-refractivity contribution is 0.171. The Morgan fingerprint density at radius 3 is 0.727 bits per heavy atom. The molecule has 9 aliphatic rings. The van der Waals surface area contributed by atoms with E-state index in [1.54, 1.807) is 0 Å². The van der Waals surface area contributed by atoms with Crippen molar-refractivity contribution in [2.75, 3.05) is 0 Å². The number of alkyl halides is 4. The van der Waals surface area contributed by atoms with Crippen molar-refractivity contribution in [1.29, 1.82) is 0 Å². The van der Waals surface area contributed by atoms with Crippen LogP contribution in [0.4, 0.5) is 0 Å². The SMILES string of the molecule is BrC1C(Br)C(Br)C2C3NC4NC(NC5NC(NC6NC(NC(N3)C2C1Br)C1CCCCC61)C1CCCCC51)C1CCCCC41. The van der Waals surface area contributed by atoms with Crippen molar-refractivity contribution < 1.29 is 0 Å². The Balaban J connectivity index is 1.08. The normalized spacial score (nSPS) is 60.3. The summed E-state index contributed by atoms with van der Waals surface area (Å²) in [4.78, 5) is 1.43. The highest BCUT2D eigenvalue weighted by molar-refractivity contribution is 9.14. The largest absolute Gasteiger partial charge is 0.286 e. The van der Waals surface area contributed by atoms with Gasteiger partial charge in [-0.3, -0.25) is 42.5 Å². The molecule has 4 aliphatic carbocycles. The van der Waals surface area contributed by atoms with Crippen molar-refractivity contribution in [3.05, 3.63) is 0 Å².